The Morgan fingerprint density at radius 2 is 1.88 bits per heavy atom. The van der Waals surface area contributed by atoms with Crippen LogP contribution >= 0.6 is 50.8 Å². The van der Waals surface area contributed by atoms with E-state index in [0.717, 1.165) is 35.8 Å². The van der Waals surface area contributed by atoms with E-state index in [1.807, 2.05) is 50.4 Å². The normalized spacial score (nSPS) is 11.0. The summed E-state index contributed by atoms with van der Waals surface area (Å²) in [5.41, 5.74) is 3.84. The van der Waals surface area contributed by atoms with Gasteiger partial charge in [-0.1, -0.05) is 50.8 Å². The number of hydrogen-bond acceptors (Lipinski definition) is 6. The minimum absolute atomic E-state index is 0.113. The summed E-state index contributed by atoms with van der Waals surface area (Å²) in [7, 11) is 0. The molecule has 0 aliphatic carbocycles. The molecule has 8 heteroatoms. The average Bonchev–Trinajstić information content (AvgIpc) is 3.18. The maximum Gasteiger partial charge on any atom is 0.175 e. The number of aromatic nitrogens is 3. The second kappa shape index (κ2) is 8.07. The first-order chi connectivity index (χ1) is 12.0. The topological polar surface area (TPSA) is 47.8 Å². The first-order valence-corrected chi connectivity index (χ1v) is 11.3. The van der Waals surface area contributed by atoms with Gasteiger partial charge in [0.15, 0.2) is 14.5 Å². The number of rotatable bonds is 6. The summed E-state index contributed by atoms with van der Waals surface area (Å²) >= 11 is 7.99. The molecule has 0 amide bonds. The van der Waals surface area contributed by atoms with E-state index in [-0.39, 0.29) is 5.78 Å². The molecule has 1 aromatic carbocycles. The maximum absolute atomic E-state index is 12.7. The van der Waals surface area contributed by atoms with Crippen LogP contribution in [0.3, 0.4) is 0 Å². The van der Waals surface area contributed by atoms with Crippen molar-refractivity contribution >= 4 is 56.6 Å². The molecule has 0 N–H and O–H groups in total. The van der Waals surface area contributed by atoms with Crippen LogP contribution in [0.15, 0.2) is 43.5 Å². The van der Waals surface area contributed by atoms with E-state index in [4.69, 9.17) is 0 Å². The number of Topliss-reactive ketones (excluding diaryl/α,β-unsaturated/α-hetero) is 1. The van der Waals surface area contributed by atoms with E-state index < -0.39 is 0 Å². The summed E-state index contributed by atoms with van der Waals surface area (Å²) < 4.78 is 4.90. The van der Waals surface area contributed by atoms with Crippen molar-refractivity contribution in [1.29, 1.82) is 0 Å². The van der Waals surface area contributed by atoms with Crippen LogP contribution in [0.5, 0.6) is 0 Å². The number of hydrogen-bond donors (Lipinski definition) is 0. The average molecular weight is 454 g/mol. The second-order valence-corrected chi connectivity index (χ2v) is 9.52. The Bertz CT molecular complexity index is 903. The zero-order valence-corrected chi connectivity index (χ0v) is 18.0. The Balaban J connectivity index is 1.79. The summed E-state index contributed by atoms with van der Waals surface area (Å²) in [5, 5.41) is 8.16. The smallest absolute Gasteiger partial charge is 0.175 e. The molecule has 0 bridgehead atoms. The summed E-state index contributed by atoms with van der Waals surface area (Å²) in [5.74, 6) is 0.482. The van der Waals surface area contributed by atoms with Gasteiger partial charge in [-0.15, -0.1) is 10.2 Å². The summed E-state index contributed by atoms with van der Waals surface area (Å²) in [4.78, 5) is 12.7. The van der Waals surface area contributed by atoms with Gasteiger partial charge in [0.1, 0.15) is 0 Å². The number of halogens is 1. The van der Waals surface area contributed by atoms with E-state index >= 15 is 0 Å². The Labute approximate surface area is 167 Å². The molecule has 0 fully saturated rings. The number of thioether (sulfide) groups is 2. The molecule has 130 valence electrons. The molecular formula is C17H16BrN3OS3. The lowest BCUT2D eigenvalue weighted by atomic mass is 10.2. The van der Waals surface area contributed by atoms with Crippen molar-refractivity contribution in [3.63, 3.8) is 0 Å². The number of carbonyl (C=O) groups excluding carboxylic acids is 1. The predicted octanol–water partition coefficient (Wildman–Crippen LogP) is 5.41. The zero-order chi connectivity index (χ0) is 18.0. The van der Waals surface area contributed by atoms with Gasteiger partial charge >= 0.3 is 0 Å². The fraction of sp³-hybridized carbons (Fsp3) is 0.235. The molecule has 25 heavy (non-hydrogen) atoms. The van der Waals surface area contributed by atoms with Crippen molar-refractivity contribution < 1.29 is 4.79 Å². The largest absolute Gasteiger partial charge is 0.318 e. The Morgan fingerprint density at radius 1 is 1.20 bits per heavy atom. The van der Waals surface area contributed by atoms with E-state index in [0.29, 0.717) is 5.75 Å². The van der Waals surface area contributed by atoms with Gasteiger partial charge in [-0.25, -0.2) is 0 Å². The van der Waals surface area contributed by atoms with Crippen molar-refractivity contribution in [2.75, 3.05) is 12.0 Å². The van der Waals surface area contributed by atoms with Gasteiger partial charge in [0.25, 0.3) is 0 Å². The molecule has 0 aliphatic rings. The Hall–Kier alpha value is -1.09. The maximum atomic E-state index is 12.7. The second-order valence-electron chi connectivity index (χ2n) is 5.35. The monoisotopic (exact) mass is 453 g/mol. The van der Waals surface area contributed by atoms with Crippen molar-refractivity contribution in [2.45, 2.75) is 22.5 Å². The lowest BCUT2D eigenvalue weighted by Gasteiger charge is -2.10. The molecule has 0 spiro atoms. The highest BCUT2D eigenvalue weighted by Crippen LogP contribution is 2.29. The third-order valence-corrected chi connectivity index (χ3v) is 7.27. The van der Waals surface area contributed by atoms with Gasteiger partial charge in [0.2, 0.25) is 0 Å². The Kier molecular flexibility index (Phi) is 6.04. The summed E-state index contributed by atoms with van der Waals surface area (Å²) in [6, 6.07) is 10.1. The summed E-state index contributed by atoms with van der Waals surface area (Å²) in [6.07, 6.45) is 1.97. The fourth-order valence-corrected chi connectivity index (χ4v) is 5.16. The van der Waals surface area contributed by atoms with Crippen LogP contribution in [0, 0.1) is 13.8 Å². The van der Waals surface area contributed by atoms with Crippen molar-refractivity contribution in [1.82, 2.24) is 14.8 Å². The van der Waals surface area contributed by atoms with Crippen molar-refractivity contribution in [2.24, 2.45) is 0 Å². The van der Waals surface area contributed by atoms with Gasteiger partial charge < -0.3 is 4.57 Å². The molecule has 3 aromatic rings. The lowest BCUT2D eigenvalue weighted by Crippen LogP contribution is -2.05. The number of ketones is 1. The van der Waals surface area contributed by atoms with E-state index in [2.05, 4.69) is 30.7 Å². The van der Waals surface area contributed by atoms with Crippen LogP contribution in [0.4, 0.5) is 0 Å². The number of benzene rings is 1. The standard InChI is InChI=1S/C17H16BrN3OS3/c1-10-8-14(11(2)21(10)13-6-4-12(18)5-7-13)15(22)9-24-17-20-19-16(23-3)25-17/h4-8H,9H2,1-3H3. The highest BCUT2D eigenvalue weighted by Gasteiger charge is 2.17. The van der Waals surface area contributed by atoms with Gasteiger partial charge in [0, 0.05) is 27.1 Å². The molecule has 0 radical (unpaired) electrons. The van der Waals surface area contributed by atoms with Crippen LogP contribution in [0.1, 0.15) is 21.7 Å². The number of aryl methyl sites for hydroxylation is 1. The first-order valence-electron chi connectivity index (χ1n) is 7.48. The number of carbonyl (C=O) groups is 1. The van der Waals surface area contributed by atoms with Gasteiger partial charge in [-0.05, 0) is 50.4 Å². The third-order valence-electron chi connectivity index (χ3n) is 3.71. The molecule has 0 saturated heterocycles. The van der Waals surface area contributed by atoms with E-state index in [9.17, 15) is 4.79 Å². The lowest BCUT2D eigenvalue weighted by molar-refractivity contribution is 0.102. The minimum Gasteiger partial charge on any atom is -0.318 e. The SMILES string of the molecule is CSc1nnc(SCC(=O)c2cc(C)n(-c3ccc(Br)cc3)c2C)s1. The molecular weight excluding hydrogens is 438 g/mol. The molecule has 3 rings (SSSR count). The minimum atomic E-state index is 0.113. The number of nitrogens with zero attached hydrogens (tertiary/aromatic N) is 3. The van der Waals surface area contributed by atoms with Crippen LogP contribution in [-0.2, 0) is 0 Å². The molecule has 0 aliphatic heterocycles. The highest BCUT2D eigenvalue weighted by atomic mass is 79.9. The summed E-state index contributed by atoms with van der Waals surface area (Å²) in [6.45, 7) is 4.01. The van der Waals surface area contributed by atoms with Crippen molar-refractivity contribution in [3.05, 3.63) is 51.8 Å². The van der Waals surface area contributed by atoms with Gasteiger partial charge in [-0.2, -0.15) is 0 Å². The molecule has 4 nitrogen and oxygen atoms in total. The van der Waals surface area contributed by atoms with Crippen LogP contribution < -0.4 is 0 Å². The molecule has 0 saturated carbocycles. The van der Waals surface area contributed by atoms with E-state index in [1.54, 1.807) is 11.8 Å². The van der Waals surface area contributed by atoms with Crippen LogP contribution in [-0.4, -0.2) is 32.6 Å². The molecule has 0 unspecified atom stereocenters. The van der Waals surface area contributed by atoms with Crippen LogP contribution in [0.25, 0.3) is 5.69 Å². The molecule has 2 heterocycles. The van der Waals surface area contributed by atoms with Crippen LogP contribution in [0.2, 0.25) is 0 Å². The van der Waals surface area contributed by atoms with Crippen molar-refractivity contribution in [3.8, 4) is 5.69 Å². The van der Waals surface area contributed by atoms with E-state index in [1.165, 1.54) is 23.1 Å². The Morgan fingerprint density at radius 3 is 2.52 bits per heavy atom. The zero-order valence-electron chi connectivity index (χ0n) is 13.9. The quantitative estimate of drug-likeness (QED) is 0.369. The molecule has 2 aromatic heterocycles. The van der Waals surface area contributed by atoms with Gasteiger partial charge in [0.05, 0.1) is 5.75 Å². The molecule has 0 atom stereocenters. The first kappa shape index (κ1) is 18.7. The predicted molar refractivity (Wildman–Crippen MR) is 110 cm³/mol. The van der Waals surface area contributed by atoms with Gasteiger partial charge in [-0.3, -0.25) is 4.79 Å². The fourth-order valence-electron chi connectivity index (χ4n) is 2.58. The highest BCUT2D eigenvalue weighted by molar-refractivity contribution is 9.10. The third kappa shape index (κ3) is 4.19.